The maximum absolute atomic E-state index is 12.6. The Hall–Kier alpha value is -1.18. The van der Waals surface area contributed by atoms with Gasteiger partial charge in [0.15, 0.2) is 0 Å². The molecule has 2 rings (SSSR count). The van der Waals surface area contributed by atoms with E-state index in [1.807, 2.05) is 7.05 Å². The van der Waals surface area contributed by atoms with Crippen LogP contribution in [-0.2, 0) is 10.2 Å². The number of hydrogen-bond acceptors (Lipinski definition) is 4. The van der Waals surface area contributed by atoms with Gasteiger partial charge in [0.2, 0.25) is 0 Å². The van der Waals surface area contributed by atoms with Crippen molar-refractivity contribution in [1.29, 1.82) is 0 Å². The third-order valence-corrected chi connectivity index (χ3v) is 5.14. The molecule has 1 aliphatic heterocycles. The van der Waals surface area contributed by atoms with Crippen LogP contribution in [0.25, 0.3) is 0 Å². The van der Waals surface area contributed by atoms with Crippen molar-refractivity contribution < 1.29 is 8.42 Å². The van der Waals surface area contributed by atoms with E-state index in [0.717, 1.165) is 19.3 Å². The van der Waals surface area contributed by atoms with Crippen LogP contribution in [0.2, 0.25) is 0 Å². The average molecular weight is 298 g/mol. The van der Waals surface area contributed by atoms with Gasteiger partial charge in [0.1, 0.15) is 0 Å². The van der Waals surface area contributed by atoms with E-state index in [1.54, 1.807) is 29.6 Å². The molecule has 0 aliphatic carbocycles. The fourth-order valence-electron chi connectivity index (χ4n) is 2.52. The first-order valence-corrected chi connectivity index (χ1v) is 8.34. The summed E-state index contributed by atoms with van der Waals surface area (Å²) in [4.78, 5) is 4.11. The standard InChI is InChI=1S/C13H22N4O2S/c1-11-13(7-5-8-15-11)16-20(18,19)17-9-4-3-6-12(17)10-14-2/h5,7-8,12,14,16H,3-4,6,9-10H2,1-2H3. The van der Waals surface area contributed by atoms with Crippen LogP contribution < -0.4 is 10.0 Å². The Labute approximate surface area is 120 Å². The van der Waals surface area contributed by atoms with Crippen molar-refractivity contribution in [3.05, 3.63) is 24.0 Å². The molecule has 1 aromatic heterocycles. The molecule has 1 fully saturated rings. The van der Waals surface area contributed by atoms with Crippen molar-refractivity contribution in [2.45, 2.75) is 32.2 Å². The molecule has 0 amide bonds. The summed E-state index contributed by atoms with van der Waals surface area (Å²) >= 11 is 0. The zero-order valence-corrected chi connectivity index (χ0v) is 12.8. The maximum atomic E-state index is 12.6. The van der Waals surface area contributed by atoms with Gasteiger partial charge in [0.05, 0.1) is 11.4 Å². The highest BCUT2D eigenvalue weighted by Crippen LogP contribution is 2.22. The predicted molar refractivity (Wildman–Crippen MR) is 79.8 cm³/mol. The summed E-state index contributed by atoms with van der Waals surface area (Å²) in [5.74, 6) is 0. The van der Waals surface area contributed by atoms with E-state index in [2.05, 4.69) is 15.0 Å². The highest BCUT2D eigenvalue weighted by atomic mass is 32.2. The number of nitrogens with zero attached hydrogens (tertiary/aromatic N) is 2. The number of hydrogen-bond donors (Lipinski definition) is 2. The van der Waals surface area contributed by atoms with Gasteiger partial charge < -0.3 is 5.32 Å². The molecule has 20 heavy (non-hydrogen) atoms. The van der Waals surface area contributed by atoms with Gasteiger partial charge in [0.25, 0.3) is 0 Å². The molecule has 1 aromatic rings. The smallest absolute Gasteiger partial charge is 0.301 e. The van der Waals surface area contributed by atoms with E-state index < -0.39 is 10.2 Å². The number of aromatic nitrogens is 1. The van der Waals surface area contributed by atoms with Gasteiger partial charge in [-0.05, 0) is 38.9 Å². The summed E-state index contributed by atoms with van der Waals surface area (Å²) < 4.78 is 29.3. The van der Waals surface area contributed by atoms with Crippen LogP contribution in [0.5, 0.6) is 0 Å². The fourth-order valence-corrected chi connectivity index (χ4v) is 4.07. The molecule has 7 heteroatoms. The molecule has 1 unspecified atom stereocenters. The molecule has 2 heterocycles. The molecular weight excluding hydrogens is 276 g/mol. The van der Waals surface area contributed by atoms with E-state index in [0.29, 0.717) is 24.5 Å². The largest absolute Gasteiger partial charge is 0.318 e. The molecule has 0 spiro atoms. The average Bonchev–Trinajstić information content (AvgIpc) is 2.42. The first-order chi connectivity index (χ1) is 9.54. The Morgan fingerprint density at radius 2 is 2.25 bits per heavy atom. The van der Waals surface area contributed by atoms with Gasteiger partial charge in [-0.15, -0.1) is 0 Å². The number of nitrogens with one attached hydrogen (secondary N) is 2. The van der Waals surface area contributed by atoms with Crippen LogP contribution in [0.15, 0.2) is 18.3 Å². The fraction of sp³-hybridized carbons (Fsp3) is 0.615. The summed E-state index contributed by atoms with van der Waals surface area (Å²) in [7, 11) is -1.68. The third kappa shape index (κ3) is 3.47. The summed E-state index contributed by atoms with van der Waals surface area (Å²) in [6.07, 6.45) is 4.53. The highest BCUT2D eigenvalue weighted by molar-refractivity contribution is 7.90. The lowest BCUT2D eigenvalue weighted by atomic mass is 10.1. The van der Waals surface area contributed by atoms with Crippen molar-refractivity contribution >= 4 is 15.9 Å². The van der Waals surface area contributed by atoms with Gasteiger partial charge in [-0.25, -0.2) is 0 Å². The third-order valence-electron chi connectivity index (χ3n) is 3.57. The Balaban J connectivity index is 2.18. The summed E-state index contributed by atoms with van der Waals surface area (Å²) in [6.45, 7) is 3.03. The molecule has 0 bridgehead atoms. The van der Waals surface area contributed by atoms with E-state index >= 15 is 0 Å². The normalized spacial score (nSPS) is 20.8. The first-order valence-electron chi connectivity index (χ1n) is 6.90. The predicted octanol–water partition coefficient (Wildman–Crippen LogP) is 1.12. The van der Waals surface area contributed by atoms with E-state index in [4.69, 9.17) is 0 Å². The zero-order valence-electron chi connectivity index (χ0n) is 12.0. The minimum absolute atomic E-state index is 0.0169. The number of rotatable bonds is 5. The van der Waals surface area contributed by atoms with Gasteiger partial charge in [-0.1, -0.05) is 6.42 Å². The second-order valence-electron chi connectivity index (χ2n) is 5.06. The Morgan fingerprint density at radius 1 is 1.45 bits per heavy atom. The molecule has 0 aromatic carbocycles. The van der Waals surface area contributed by atoms with Crippen LogP contribution in [0.4, 0.5) is 5.69 Å². The Morgan fingerprint density at radius 3 is 2.95 bits per heavy atom. The Kier molecular flexibility index (Phi) is 4.95. The van der Waals surface area contributed by atoms with Crippen LogP contribution in [-0.4, -0.2) is 43.9 Å². The van der Waals surface area contributed by atoms with Gasteiger partial charge in [-0.3, -0.25) is 9.71 Å². The van der Waals surface area contributed by atoms with Crippen LogP contribution in [0, 0.1) is 6.92 Å². The Bertz CT molecular complexity index is 545. The van der Waals surface area contributed by atoms with Gasteiger partial charge in [0, 0.05) is 25.3 Å². The molecule has 0 saturated carbocycles. The van der Waals surface area contributed by atoms with Crippen LogP contribution in [0.3, 0.4) is 0 Å². The number of piperidine rings is 1. The van der Waals surface area contributed by atoms with E-state index in [1.165, 1.54) is 0 Å². The lowest BCUT2D eigenvalue weighted by Gasteiger charge is -2.34. The molecule has 2 N–H and O–H groups in total. The minimum atomic E-state index is -3.53. The first kappa shape index (κ1) is 15.2. The second-order valence-corrected chi connectivity index (χ2v) is 6.68. The number of anilines is 1. The van der Waals surface area contributed by atoms with Crippen molar-refractivity contribution in [2.75, 3.05) is 24.9 Å². The summed E-state index contributed by atoms with van der Waals surface area (Å²) in [5.41, 5.74) is 1.22. The summed E-state index contributed by atoms with van der Waals surface area (Å²) in [5, 5.41) is 3.07. The topological polar surface area (TPSA) is 74.3 Å². The molecule has 112 valence electrons. The SMILES string of the molecule is CNCC1CCCCN1S(=O)(=O)Nc1cccnc1C. The van der Waals surface area contributed by atoms with Crippen LogP contribution >= 0.6 is 0 Å². The quantitative estimate of drug-likeness (QED) is 0.854. The van der Waals surface area contributed by atoms with Crippen molar-refractivity contribution in [3.8, 4) is 0 Å². The minimum Gasteiger partial charge on any atom is -0.318 e. The zero-order chi connectivity index (χ0) is 14.6. The molecule has 1 aliphatic rings. The number of pyridine rings is 1. The number of likely N-dealkylation sites (N-methyl/N-ethyl adjacent to an activating group) is 1. The monoisotopic (exact) mass is 298 g/mol. The van der Waals surface area contributed by atoms with Gasteiger partial charge in [-0.2, -0.15) is 12.7 Å². The lowest BCUT2D eigenvalue weighted by molar-refractivity contribution is 0.250. The van der Waals surface area contributed by atoms with E-state index in [9.17, 15) is 8.42 Å². The van der Waals surface area contributed by atoms with Crippen LogP contribution in [0.1, 0.15) is 25.0 Å². The van der Waals surface area contributed by atoms with Crippen molar-refractivity contribution in [1.82, 2.24) is 14.6 Å². The van der Waals surface area contributed by atoms with Crippen molar-refractivity contribution in [2.24, 2.45) is 0 Å². The molecule has 0 radical (unpaired) electrons. The summed E-state index contributed by atoms with van der Waals surface area (Å²) in [6, 6.07) is 3.48. The van der Waals surface area contributed by atoms with E-state index in [-0.39, 0.29) is 6.04 Å². The molecule has 6 nitrogen and oxygen atoms in total. The maximum Gasteiger partial charge on any atom is 0.301 e. The highest BCUT2D eigenvalue weighted by Gasteiger charge is 2.32. The number of aryl methyl sites for hydroxylation is 1. The van der Waals surface area contributed by atoms with Gasteiger partial charge >= 0.3 is 10.2 Å². The molecule has 1 saturated heterocycles. The van der Waals surface area contributed by atoms with Crippen molar-refractivity contribution in [3.63, 3.8) is 0 Å². The molecule has 1 atom stereocenters. The second kappa shape index (κ2) is 6.51. The molecular formula is C13H22N4O2S. The lowest BCUT2D eigenvalue weighted by Crippen LogP contribution is -2.50.